The van der Waals surface area contributed by atoms with Crippen LogP contribution in [0.2, 0.25) is 0 Å². The third kappa shape index (κ3) is 3.46. The average Bonchev–Trinajstić information content (AvgIpc) is 2.37. The maximum atomic E-state index is 11.9. The van der Waals surface area contributed by atoms with E-state index in [0.29, 0.717) is 6.54 Å². The lowest BCUT2D eigenvalue weighted by molar-refractivity contribution is -0.125. The molecule has 2 rings (SSSR count). The first-order valence-electron chi connectivity index (χ1n) is 6.02. The topological polar surface area (TPSA) is 61.4 Å². The van der Waals surface area contributed by atoms with Crippen molar-refractivity contribution >= 4 is 5.91 Å². The van der Waals surface area contributed by atoms with Crippen LogP contribution < -0.4 is 10.6 Å². The van der Waals surface area contributed by atoms with Crippen LogP contribution in [0.3, 0.4) is 0 Å². The molecule has 1 amide bonds. The molecule has 1 aromatic rings. The molecule has 1 fully saturated rings. The number of phenols is 1. The van der Waals surface area contributed by atoms with Crippen molar-refractivity contribution in [2.45, 2.75) is 19.4 Å². The van der Waals surface area contributed by atoms with E-state index in [1.165, 1.54) is 0 Å². The number of hydrogen-bond acceptors (Lipinski definition) is 3. The van der Waals surface area contributed by atoms with Gasteiger partial charge in [-0.2, -0.15) is 0 Å². The van der Waals surface area contributed by atoms with Gasteiger partial charge in [-0.1, -0.05) is 12.1 Å². The third-order valence-electron chi connectivity index (χ3n) is 3.09. The van der Waals surface area contributed by atoms with Gasteiger partial charge >= 0.3 is 0 Å². The minimum absolute atomic E-state index is 0.120. The van der Waals surface area contributed by atoms with Gasteiger partial charge in [0, 0.05) is 12.5 Å². The first kappa shape index (κ1) is 11.9. The number of aromatic hydroxyl groups is 1. The Balaban J connectivity index is 1.83. The van der Waals surface area contributed by atoms with E-state index in [1.807, 2.05) is 6.07 Å². The van der Waals surface area contributed by atoms with Crippen LogP contribution in [0.15, 0.2) is 24.3 Å². The van der Waals surface area contributed by atoms with E-state index in [2.05, 4.69) is 10.6 Å². The molecule has 1 aromatic carbocycles. The zero-order valence-corrected chi connectivity index (χ0v) is 9.78. The fourth-order valence-electron chi connectivity index (χ4n) is 2.08. The predicted molar refractivity (Wildman–Crippen MR) is 65.5 cm³/mol. The Labute approximate surface area is 101 Å². The predicted octanol–water partition coefficient (Wildman–Crippen LogP) is 1.01. The number of piperidine rings is 1. The van der Waals surface area contributed by atoms with Gasteiger partial charge in [-0.25, -0.2) is 0 Å². The van der Waals surface area contributed by atoms with Crippen LogP contribution in [0.5, 0.6) is 5.75 Å². The van der Waals surface area contributed by atoms with Crippen molar-refractivity contribution in [2.24, 2.45) is 5.92 Å². The zero-order valence-electron chi connectivity index (χ0n) is 9.78. The Kier molecular flexibility index (Phi) is 3.98. The summed E-state index contributed by atoms with van der Waals surface area (Å²) >= 11 is 0. The number of phenolic OH excluding ortho intramolecular Hbond substituents is 1. The van der Waals surface area contributed by atoms with Gasteiger partial charge in [-0.3, -0.25) is 4.79 Å². The summed E-state index contributed by atoms with van der Waals surface area (Å²) in [5.74, 6) is 0.488. The van der Waals surface area contributed by atoms with Crippen LogP contribution in [0.4, 0.5) is 0 Å². The molecule has 0 radical (unpaired) electrons. The lowest BCUT2D eigenvalue weighted by atomic mass is 9.97. The smallest absolute Gasteiger partial charge is 0.223 e. The summed E-state index contributed by atoms with van der Waals surface area (Å²) in [6, 6.07) is 6.96. The molecule has 0 saturated carbocycles. The number of carbonyl (C=O) groups excluding carboxylic acids is 1. The molecular weight excluding hydrogens is 216 g/mol. The van der Waals surface area contributed by atoms with E-state index < -0.39 is 0 Å². The highest BCUT2D eigenvalue weighted by molar-refractivity contribution is 5.78. The lowest BCUT2D eigenvalue weighted by Crippen LogP contribution is -2.37. The van der Waals surface area contributed by atoms with Gasteiger partial charge < -0.3 is 15.7 Å². The van der Waals surface area contributed by atoms with Crippen molar-refractivity contribution in [2.75, 3.05) is 13.1 Å². The third-order valence-corrected chi connectivity index (χ3v) is 3.09. The molecule has 17 heavy (non-hydrogen) atoms. The molecule has 92 valence electrons. The number of amides is 1. The second-order valence-electron chi connectivity index (χ2n) is 4.41. The first-order chi connectivity index (χ1) is 8.25. The van der Waals surface area contributed by atoms with Gasteiger partial charge in [0.1, 0.15) is 5.75 Å². The maximum Gasteiger partial charge on any atom is 0.223 e. The number of carbonyl (C=O) groups is 1. The van der Waals surface area contributed by atoms with E-state index in [1.54, 1.807) is 18.2 Å². The molecular formula is C13H18N2O2. The number of rotatable bonds is 3. The summed E-state index contributed by atoms with van der Waals surface area (Å²) in [7, 11) is 0. The molecule has 1 heterocycles. The van der Waals surface area contributed by atoms with E-state index in [-0.39, 0.29) is 17.6 Å². The molecule has 0 spiro atoms. The Morgan fingerprint density at radius 3 is 2.88 bits per heavy atom. The SMILES string of the molecule is O=C(NCc1cccc(O)c1)C1CCNCC1. The van der Waals surface area contributed by atoms with Crippen molar-refractivity contribution in [3.63, 3.8) is 0 Å². The van der Waals surface area contributed by atoms with Crippen LogP contribution in [0.25, 0.3) is 0 Å². The molecule has 4 nitrogen and oxygen atoms in total. The second kappa shape index (κ2) is 5.68. The summed E-state index contributed by atoms with van der Waals surface area (Å²) < 4.78 is 0. The van der Waals surface area contributed by atoms with Crippen LogP contribution in [0, 0.1) is 5.92 Å². The summed E-state index contributed by atoms with van der Waals surface area (Å²) in [5.41, 5.74) is 0.923. The zero-order chi connectivity index (χ0) is 12.1. The van der Waals surface area contributed by atoms with Gasteiger partial charge in [0.25, 0.3) is 0 Å². The standard InChI is InChI=1S/C13H18N2O2/c16-12-3-1-2-10(8-12)9-15-13(17)11-4-6-14-7-5-11/h1-3,8,11,14,16H,4-7,9H2,(H,15,17). The van der Waals surface area contributed by atoms with Gasteiger partial charge in [-0.15, -0.1) is 0 Å². The minimum atomic E-state index is 0.120. The Hall–Kier alpha value is -1.55. The monoisotopic (exact) mass is 234 g/mol. The molecule has 0 bridgehead atoms. The normalized spacial score (nSPS) is 16.7. The summed E-state index contributed by atoms with van der Waals surface area (Å²) in [5, 5.41) is 15.5. The van der Waals surface area contributed by atoms with E-state index >= 15 is 0 Å². The van der Waals surface area contributed by atoms with Gasteiger partial charge in [-0.05, 0) is 43.6 Å². The number of benzene rings is 1. The molecule has 0 aliphatic carbocycles. The second-order valence-corrected chi connectivity index (χ2v) is 4.41. The molecule has 4 heteroatoms. The summed E-state index contributed by atoms with van der Waals surface area (Å²) in [6.07, 6.45) is 1.82. The van der Waals surface area contributed by atoms with Crippen molar-refractivity contribution in [3.05, 3.63) is 29.8 Å². The Morgan fingerprint density at radius 1 is 1.41 bits per heavy atom. The number of hydrogen-bond donors (Lipinski definition) is 3. The highest BCUT2D eigenvalue weighted by Gasteiger charge is 2.20. The maximum absolute atomic E-state index is 11.9. The van der Waals surface area contributed by atoms with Crippen molar-refractivity contribution in [3.8, 4) is 5.75 Å². The molecule has 1 saturated heterocycles. The summed E-state index contributed by atoms with van der Waals surface area (Å²) in [4.78, 5) is 11.9. The minimum Gasteiger partial charge on any atom is -0.508 e. The van der Waals surface area contributed by atoms with Crippen LogP contribution in [-0.2, 0) is 11.3 Å². The fraction of sp³-hybridized carbons (Fsp3) is 0.462. The van der Waals surface area contributed by atoms with E-state index in [0.717, 1.165) is 31.5 Å². The Bertz CT molecular complexity index is 387. The molecule has 0 atom stereocenters. The highest BCUT2D eigenvalue weighted by Crippen LogP contribution is 2.13. The highest BCUT2D eigenvalue weighted by atomic mass is 16.3. The summed E-state index contributed by atoms with van der Waals surface area (Å²) in [6.45, 7) is 2.32. The number of nitrogens with one attached hydrogen (secondary N) is 2. The lowest BCUT2D eigenvalue weighted by Gasteiger charge is -2.21. The molecule has 1 aliphatic rings. The van der Waals surface area contributed by atoms with Crippen molar-refractivity contribution in [1.29, 1.82) is 0 Å². The first-order valence-corrected chi connectivity index (χ1v) is 6.02. The van der Waals surface area contributed by atoms with Crippen LogP contribution >= 0.6 is 0 Å². The quantitative estimate of drug-likeness (QED) is 0.731. The van der Waals surface area contributed by atoms with Gasteiger partial charge in [0.05, 0.1) is 0 Å². The van der Waals surface area contributed by atoms with E-state index in [4.69, 9.17) is 0 Å². The van der Waals surface area contributed by atoms with Crippen LogP contribution in [-0.4, -0.2) is 24.1 Å². The molecule has 0 unspecified atom stereocenters. The Morgan fingerprint density at radius 2 is 2.18 bits per heavy atom. The molecule has 0 aromatic heterocycles. The van der Waals surface area contributed by atoms with Gasteiger partial charge in [0.2, 0.25) is 5.91 Å². The molecule has 1 aliphatic heterocycles. The van der Waals surface area contributed by atoms with Crippen LogP contribution in [0.1, 0.15) is 18.4 Å². The molecule has 3 N–H and O–H groups in total. The van der Waals surface area contributed by atoms with E-state index in [9.17, 15) is 9.90 Å². The fourth-order valence-corrected chi connectivity index (χ4v) is 2.08. The van der Waals surface area contributed by atoms with Gasteiger partial charge in [0.15, 0.2) is 0 Å². The largest absolute Gasteiger partial charge is 0.508 e. The van der Waals surface area contributed by atoms with Crippen molar-refractivity contribution < 1.29 is 9.90 Å². The van der Waals surface area contributed by atoms with Crippen molar-refractivity contribution in [1.82, 2.24) is 10.6 Å². The average molecular weight is 234 g/mol.